The highest BCUT2D eigenvalue weighted by molar-refractivity contribution is 5.99. The van der Waals surface area contributed by atoms with Crippen LogP contribution in [0.5, 0.6) is 0 Å². The van der Waals surface area contributed by atoms with Crippen LogP contribution in [0.3, 0.4) is 0 Å². The van der Waals surface area contributed by atoms with Crippen LogP contribution in [-0.4, -0.2) is 51.9 Å². The third kappa shape index (κ3) is 3.05. The Labute approximate surface area is 113 Å². The van der Waals surface area contributed by atoms with Gasteiger partial charge in [-0.25, -0.2) is 0 Å². The van der Waals surface area contributed by atoms with E-state index in [1.165, 1.54) is 5.69 Å². The van der Waals surface area contributed by atoms with Gasteiger partial charge in [-0.15, -0.1) is 0 Å². The molecule has 0 spiro atoms. The van der Waals surface area contributed by atoms with Crippen LogP contribution in [0.4, 0.5) is 11.4 Å². The van der Waals surface area contributed by atoms with Crippen molar-refractivity contribution in [1.82, 2.24) is 0 Å². The van der Waals surface area contributed by atoms with Crippen molar-refractivity contribution in [1.29, 1.82) is 0 Å². The first-order valence-corrected chi connectivity index (χ1v) is 6.73. The Bertz CT molecular complexity index is 456. The van der Waals surface area contributed by atoms with Crippen LogP contribution in [0.1, 0.15) is 0 Å². The third-order valence-corrected chi connectivity index (χ3v) is 3.31. The molecular formula is C14H19N3O2. The lowest BCUT2D eigenvalue weighted by atomic mass is 10.2. The minimum atomic E-state index is 0.567. The first kappa shape index (κ1) is 12.4. The van der Waals surface area contributed by atoms with Crippen LogP contribution in [0, 0.1) is 0 Å². The number of anilines is 2. The van der Waals surface area contributed by atoms with E-state index in [9.17, 15) is 0 Å². The average molecular weight is 261 g/mol. The zero-order chi connectivity index (χ0) is 12.9. The number of nitrogens with zero attached hydrogens (tertiary/aromatic N) is 2. The number of hydrogen-bond acceptors (Lipinski definition) is 5. The number of amidine groups is 1. The van der Waals surface area contributed by atoms with Gasteiger partial charge in [0.2, 0.25) is 0 Å². The Balaban J connectivity index is 1.78. The molecular weight excluding hydrogens is 242 g/mol. The van der Waals surface area contributed by atoms with Crippen molar-refractivity contribution in [2.24, 2.45) is 4.99 Å². The fourth-order valence-corrected chi connectivity index (χ4v) is 2.35. The molecule has 3 rings (SSSR count). The van der Waals surface area contributed by atoms with E-state index in [-0.39, 0.29) is 0 Å². The molecule has 19 heavy (non-hydrogen) atoms. The standard InChI is InChI=1S/C14H19N3O2/c1-2-4-13(17-6-9-18-10-7-17)12(3-1)16-14-11-19-8-5-15-14/h1-4H,5-11H2,(H,15,16). The average Bonchev–Trinajstić information content (AvgIpc) is 2.50. The number of aliphatic imine (C=N–C) groups is 1. The van der Waals surface area contributed by atoms with Gasteiger partial charge in [-0.2, -0.15) is 0 Å². The first-order valence-electron chi connectivity index (χ1n) is 6.73. The summed E-state index contributed by atoms with van der Waals surface area (Å²) in [4.78, 5) is 6.79. The van der Waals surface area contributed by atoms with Crippen LogP contribution in [0.15, 0.2) is 29.3 Å². The molecule has 5 heteroatoms. The van der Waals surface area contributed by atoms with Crippen LogP contribution < -0.4 is 10.2 Å². The summed E-state index contributed by atoms with van der Waals surface area (Å²) in [5, 5.41) is 3.39. The molecule has 2 aliphatic rings. The zero-order valence-corrected chi connectivity index (χ0v) is 11.0. The smallest absolute Gasteiger partial charge is 0.127 e. The Morgan fingerprint density at radius 1 is 1.05 bits per heavy atom. The van der Waals surface area contributed by atoms with Gasteiger partial charge >= 0.3 is 0 Å². The zero-order valence-electron chi connectivity index (χ0n) is 11.0. The molecule has 0 unspecified atom stereocenters. The molecule has 5 nitrogen and oxygen atoms in total. The number of morpholine rings is 1. The maximum Gasteiger partial charge on any atom is 0.127 e. The second-order valence-electron chi connectivity index (χ2n) is 4.62. The highest BCUT2D eigenvalue weighted by Crippen LogP contribution is 2.26. The molecule has 1 N–H and O–H groups in total. The Morgan fingerprint density at radius 2 is 1.89 bits per heavy atom. The van der Waals surface area contributed by atoms with Crippen molar-refractivity contribution in [3.8, 4) is 0 Å². The Kier molecular flexibility index (Phi) is 3.95. The van der Waals surface area contributed by atoms with Crippen molar-refractivity contribution in [2.75, 3.05) is 56.3 Å². The van der Waals surface area contributed by atoms with Gasteiger partial charge in [-0.3, -0.25) is 4.99 Å². The monoisotopic (exact) mass is 261 g/mol. The van der Waals surface area contributed by atoms with Gasteiger partial charge in [0.1, 0.15) is 12.4 Å². The summed E-state index contributed by atoms with van der Waals surface area (Å²) in [5.41, 5.74) is 2.30. The molecule has 1 aromatic rings. The van der Waals surface area contributed by atoms with Gasteiger partial charge in [-0.05, 0) is 12.1 Å². The number of rotatable bonds is 2. The normalized spacial score (nSPS) is 20.0. The van der Waals surface area contributed by atoms with Crippen molar-refractivity contribution in [3.63, 3.8) is 0 Å². The van der Waals surface area contributed by atoms with E-state index >= 15 is 0 Å². The molecule has 1 fully saturated rings. The quantitative estimate of drug-likeness (QED) is 0.873. The van der Waals surface area contributed by atoms with Crippen LogP contribution in [0.25, 0.3) is 0 Å². The Hall–Kier alpha value is -1.59. The molecule has 1 saturated heterocycles. The van der Waals surface area contributed by atoms with Gasteiger partial charge in [0.25, 0.3) is 0 Å². The van der Waals surface area contributed by atoms with Gasteiger partial charge in [0.15, 0.2) is 0 Å². The van der Waals surface area contributed by atoms with E-state index in [0.29, 0.717) is 6.61 Å². The summed E-state index contributed by atoms with van der Waals surface area (Å²) in [6.07, 6.45) is 0. The first-order chi connectivity index (χ1) is 9.43. The molecule has 2 aliphatic heterocycles. The number of para-hydroxylation sites is 2. The molecule has 2 heterocycles. The van der Waals surface area contributed by atoms with Crippen LogP contribution in [0.2, 0.25) is 0 Å². The largest absolute Gasteiger partial charge is 0.378 e. The maximum absolute atomic E-state index is 5.41. The summed E-state index contributed by atoms with van der Waals surface area (Å²) in [6, 6.07) is 8.32. The number of nitrogens with one attached hydrogen (secondary N) is 1. The van der Waals surface area contributed by atoms with E-state index < -0.39 is 0 Å². The third-order valence-electron chi connectivity index (χ3n) is 3.31. The summed E-state index contributed by atoms with van der Waals surface area (Å²) < 4.78 is 10.8. The van der Waals surface area contributed by atoms with E-state index in [0.717, 1.165) is 51.0 Å². The highest BCUT2D eigenvalue weighted by Gasteiger charge is 2.15. The lowest BCUT2D eigenvalue weighted by molar-refractivity contribution is 0.123. The summed E-state index contributed by atoms with van der Waals surface area (Å²) in [5.74, 6) is 0.909. The summed E-state index contributed by atoms with van der Waals surface area (Å²) in [7, 11) is 0. The van der Waals surface area contributed by atoms with Crippen molar-refractivity contribution < 1.29 is 9.47 Å². The lowest BCUT2D eigenvalue weighted by Gasteiger charge is -2.31. The van der Waals surface area contributed by atoms with E-state index in [2.05, 4.69) is 33.4 Å². The molecule has 0 amide bonds. The van der Waals surface area contributed by atoms with Gasteiger partial charge in [-0.1, -0.05) is 12.1 Å². The minimum Gasteiger partial charge on any atom is -0.378 e. The second kappa shape index (κ2) is 6.04. The van der Waals surface area contributed by atoms with E-state index in [1.807, 2.05) is 6.07 Å². The molecule has 0 saturated carbocycles. The summed E-state index contributed by atoms with van der Waals surface area (Å²) >= 11 is 0. The minimum absolute atomic E-state index is 0.567. The SMILES string of the molecule is c1ccc(N2CCOCC2)c(NC2=NCCOC2)c1. The van der Waals surface area contributed by atoms with Crippen LogP contribution in [-0.2, 0) is 9.47 Å². The molecule has 0 bridgehead atoms. The topological polar surface area (TPSA) is 46.1 Å². The molecule has 0 aromatic heterocycles. The van der Waals surface area contributed by atoms with Crippen LogP contribution >= 0.6 is 0 Å². The number of ether oxygens (including phenoxy) is 2. The number of benzene rings is 1. The van der Waals surface area contributed by atoms with Crippen molar-refractivity contribution in [2.45, 2.75) is 0 Å². The highest BCUT2D eigenvalue weighted by atomic mass is 16.5. The summed E-state index contributed by atoms with van der Waals surface area (Å²) in [6.45, 7) is 5.47. The predicted molar refractivity (Wildman–Crippen MR) is 76.2 cm³/mol. The fourth-order valence-electron chi connectivity index (χ4n) is 2.35. The van der Waals surface area contributed by atoms with Crippen molar-refractivity contribution >= 4 is 17.2 Å². The van der Waals surface area contributed by atoms with Gasteiger partial charge in [0.05, 0.1) is 37.7 Å². The van der Waals surface area contributed by atoms with Gasteiger partial charge in [0, 0.05) is 13.1 Å². The molecule has 1 aromatic carbocycles. The predicted octanol–water partition coefficient (Wildman–Crippen LogP) is 1.36. The second-order valence-corrected chi connectivity index (χ2v) is 4.62. The molecule has 102 valence electrons. The molecule has 0 aliphatic carbocycles. The van der Waals surface area contributed by atoms with Gasteiger partial charge < -0.3 is 19.7 Å². The molecule has 0 atom stereocenters. The number of hydrogen-bond donors (Lipinski definition) is 1. The van der Waals surface area contributed by atoms with E-state index in [1.54, 1.807) is 0 Å². The lowest BCUT2D eigenvalue weighted by Crippen LogP contribution is -2.37. The van der Waals surface area contributed by atoms with E-state index in [4.69, 9.17) is 9.47 Å². The maximum atomic E-state index is 5.41. The van der Waals surface area contributed by atoms with Crippen molar-refractivity contribution in [3.05, 3.63) is 24.3 Å². The fraction of sp³-hybridized carbons (Fsp3) is 0.500. The molecule has 0 radical (unpaired) electrons. The Morgan fingerprint density at radius 3 is 2.68 bits per heavy atom.